The zero-order valence-electron chi connectivity index (χ0n) is 10.6. The second kappa shape index (κ2) is 4.95. The van der Waals surface area contributed by atoms with Crippen molar-refractivity contribution in [2.45, 2.75) is 26.7 Å². The molecule has 0 unspecified atom stereocenters. The number of hydrogen-bond donors (Lipinski definition) is 2. The molecule has 0 aliphatic rings. The molecule has 0 saturated carbocycles. The molecule has 2 rings (SSSR count). The fourth-order valence-corrected chi connectivity index (χ4v) is 1.39. The van der Waals surface area contributed by atoms with Crippen LogP contribution < -0.4 is 5.32 Å². The summed E-state index contributed by atoms with van der Waals surface area (Å²) in [6.07, 6.45) is 3.00. The number of carbonyl (C=O) groups excluding carboxylic acids is 1. The Kier molecular flexibility index (Phi) is 3.36. The molecule has 1 amide bonds. The van der Waals surface area contributed by atoms with Gasteiger partial charge in [-0.1, -0.05) is 13.8 Å². The normalized spacial score (nSPS) is 10.7. The van der Waals surface area contributed by atoms with E-state index in [4.69, 9.17) is 0 Å². The summed E-state index contributed by atoms with van der Waals surface area (Å²) in [7, 11) is 0. The number of amides is 1. The molecular weight excluding hydrogens is 230 g/mol. The minimum atomic E-state index is -0.315. The number of rotatable bonds is 3. The van der Waals surface area contributed by atoms with Crippen LogP contribution in [-0.2, 0) is 0 Å². The fourth-order valence-electron chi connectivity index (χ4n) is 1.39. The first-order valence-electron chi connectivity index (χ1n) is 5.71. The average Bonchev–Trinajstić information content (AvgIpc) is 2.78. The first-order valence-corrected chi connectivity index (χ1v) is 5.71. The number of aryl methyl sites for hydroxylation is 1. The van der Waals surface area contributed by atoms with Crippen LogP contribution in [0.1, 0.15) is 41.6 Å². The van der Waals surface area contributed by atoms with Gasteiger partial charge in [0.25, 0.3) is 5.91 Å². The van der Waals surface area contributed by atoms with Gasteiger partial charge in [0, 0.05) is 18.0 Å². The molecule has 0 bridgehead atoms. The molecule has 0 aromatic carbocycles. The molecule has 0 aliphatic carbocycles. The smallest absolute Gasteiger partial charge is 0.277 e. The third-order valence-electron chi connectivity index (χ3n) is 2.47. The fraction of sp³-hybridized carbons (Fsp3) is 0.333. The van der Waals surface area contributed by atoms with Crippen LogP contribution >= 0.6 is 0 Å². The number of hydrogen-bond acceptors (Lipinski definition) is 4. The van der Waals surface area contributed by atoms with Crippen molar-refractivity contribution in [3.63, 3.8) is 0 Å². The van der Waals surface area contributed by atoms with Gasteiger partial charge in [0.05, 0.1) is 11.9 Å². The van der Waals surface area contributed by atoms with Gasteiger partial charge in [0.1, 0.15) is 5.69 Å². The molecule has 2 aromatic heterocycles. The lowest BCUT2D eigenvalue weighted by Gasteiger charge is -2.00. The average molecular weight is 245 g/mol. The summed E-state index contributed by atoms with van der Waals surface area (Å²) >= 11 is 0. The van der Waals surface area contributed by atoms with Crippen LogP contribution in [0.15, 0.2) is 18.5 Å². The zero-order chi connectivity index (χ0) is 13.1. The van der Waals surface area contributed by atoms with Crippen molar-refractivity contribution in [1.29, 1.82) is 0 Å². The topological polar surface area (TPSA) is 83.6 Å². The number of aromatic nitrogens is 4. The minimum absolute atomic E-state index is 0.273. The summed E-state index contributed by atoms with van der Waals surface area (Å²) in [6, 6.07) is 1.81. The van der Waals surface area contributed by atoms with Gasteiger partial charge in [0.2, 0.25) is 0 Å². The Labute approximate surface area is 105 Å². The van der Waals surface area contributed by atoms with Gasteiger partial charge in [0.15, 0.2) is 5.82 Å². The molecular formula is C12H15N5O. The summed E-state index contributed by atoms with van der Waals surface area (Å²) in [4.78, 5) is 19.9. The van der Waals surface area contributed by atoms with Gasteiger partial charge in [-0.15, -0.1) is 0 Å². The Morgan fingerprint density at radius 1 is 1.33 bits per heavy atom. The maximum absolute atomic E-state index is 11.8. The third kappa shape index (κ3) is 2.71. The highest BCUT2D eigenvalue weighted by Gasteiger charge is 2.11. The van der Waals surface area contributed by atoms with E-state index >= 15 is 0 Å². The predicted octanol–water partition coefficient (Wildman–Crippen LogP) is 1.88. The summed E-state index contributed by atoms with van der Waals surface area (Å²) in [5, 5.41) is 9.55. The van der Waals surface area contributed by atoms with Gasteiger partial charge < -0.3 is 5.32 Å². The number of H-pyrrole nitrogens is 1. The van der Waals surface area contributed by atoms with Gasteiger partial charge in [-0.25, -0.2) is 4.98 Å². The van der Waals surface area contributed by atoms with E-state index in [-0.39, 0.29) is 11.6 Å². The Balaban J connectivity index is 2.08. The quantitative estimate of drug-likeness (QED) is 0.864. The number of anilines is 1. The van der Waals surface area contributed by atoms with Crippen LogP contribution in [0.2, 0.25) is 0 Å². The molecule has 6 nitrogen and oxygen atoms in total. The van der Waals surface area contributed by atoms with E-state index < -0.39 is 0 Å². The van der Waals surface area contributed by atoms with Gasteiger partial charge in [-0.3, -0.25) is 14.9 Å². The lowest BCUT2D eigenvalue weighted by molar-refractivity contribution is 0.102. The van der Waals surface area contributed by atoms with Crippen LogP contribution in [0.25, 0.3) is 0 Å². The summed E-state index contributed by atoms with van der Waals surface area (Å²) in [6.45, 7) is 5.91. The molecule has 2 aromatic rings. The van der Waals surface area contributed by atoms with E-state index in [0.29, 0.717) is 11.7 Å². The molecule has 2 N–H and O–H groups in total. The molecule has 2 heterocycles. The first kappa shape index (κ1) is 12.2. The monoisotopic (exact) mass is 245 g/mol. The van der Waals surface area contributed by atoms with Gasteiger partial charge >= 0.3 is 0 Å². The Morgan fingerprint density at radius 2 is 2.11 bits per heavy atom. The highest BCUT2D eigenvalue weighted by Crippen LogP contribution is 2.15. The zero-order valence-corrected chi connectivity index (χ0v) is 10.6. The van der Waals surface area contributed by atoms with Crippen molar-refractivity contribution in [3.8, 4) is 0 Å². The van der Waals surface area contributed by atoms with Crippen molar-refractivity contribution in [1.82, 2.24) is 20.2 Å². The molecule has 0 radical (unpaired) electrons. The largest absolute Gasteiger partial charge is 0.304 e. The lowest BCUT2D eigenvalue weighted by atomic mass is 10.1. The Hall–Kier alpha value is -2.24. The Bertz CT molecular complexity index is 544. The molecule has 18 heavy (non-hydrogen) atoms. The molecule has 0 atom stereocenters. The minimum Gasteiger partial charge on any atom is -0.304 e. The second-order valence-electron chi connectivity index (χ2n) is 4.36. The van der Waals surface area contributed by atoms with E-state index in [2.05, 4.69) is 25.5 Å². The summed E-state index contributed by atoms with van der Waals surface area (Å²) < 4.78 is 0. The van der Waals surface area contributed by atoms with Crippen molar-refractivity contribution in [2.24, 2.45) is 0 Å². The third-order valence-corrected chi connectivity index (χ3v) is 2.47. The highest BCUT2D eigenvalue weighted by atomic mass is 16.2. The van der Waals surface area contributed by atoms with E-state index in [1.54, 1.807) is 6.20 Å². The number of carbonyl (C=O) groups is 1. The molecule has 0 saturated heterocycles. The molecule has 0 fully saturated rings. The molecule has 0 aliphatic heterocycles. The van der Waals surface area contributed by atoms with Crippen LogP contribution in [0, 0.1) is 6.92 Å². The number of aromatic amines is 1. The van der Waals surface area contributed by atoms with E-state index in [1.165, 1.54) is 6.20 Å². The van der Waals surface area contributed by atoms with Gasteiger partial charge in [-0.2, -0.15) is 5.10 Å². The molecule has 0 spiro atoms. The number of nitrogens with zero attached hydrogens (tertiary/aromatic N) is 3. The van der Waals surface area contributed by atoms with Gasteiger partial charge in [-0.05, 0) is 12.8 Å². The number of nitrogens with one attached hydrogen (secondary N) is 2. The Morgan fingerprint density at radius 3 is 2.67 bits per heavy atom. The summed E-state index contributed by atoms with van der Waals surface area (Å²) in [5.74, 6) is 0.512. The van der Waals surface area contributed by atoms with Crippen molar-refractivity contribution in [3.05, 3.63) is 35.5 Å². The van der Waals surface area contributed by atoms with E-state index in [9.17, 15) is 4.79 Å². The van der Waals surface area contributed by atoms with Crippen LogP contribution in [0.3, 0.4) is 0 Å². The maximum atomic E-state index is 11.8. The highest BCUT2D eigenvalue weighted by molar-refractivity contribution is 6.02. The van der Waals surface area contributed by atoms with Crippen molar-refractivity contribution in [2.75, 3.05) is 5.32 Å². The van der Waals surface area contributed by atoms with Crippen molar-refractivity contribution < 1.29 is 4.79 Å². The standard InChI is InChI=1S/C12H15N5O/c1-7(2)9-4-11(17-16-9)15-12(18)10-6-13-8(3)5-14-10/h4-7H,1-3H3,(H2,15,16,17,18). The lowest BCUT2D eigenvalue weighted by Crippen LogP contribution is -2.14. The van der Waals surface area contributed by atoms with Crippen LogP contribution in [0.5, 0.6) is 0 Å². The molecule has 94 valence electrons. The first-order chi connectivity index (χ1) is 8.56. The predicted molar refractivity (Wildman–Crippen MR) is 67.4 cm³/mol. The summed E-state index contributed by atoms with van der Waals surface area (Å²) in [5.41, 5.74) is 2.02. The van der Waals surface area contributed by atoms with Crippen molar-refractivity contribution >= 4 is 11.7 Å². The van der Waals surface area contributed by atoms with E-state index in [0.717, 1.165) is 11.4 Å². The van der Waals surface area contributed by atoms with Crippen LogP contribution in [0.4, 0.5) is 5.82 Å². The molecule has 6 heteroatoms. The second-order valence-corrected chi connectivity index (χ2v) is 4.36. The SMILES string of the molecule is Cc1cnc(C(=O)Nc2cc(C(C)C)[nH]n2)cn1. The van der Waals surface area contributed by atoms with Crippen LogP contribution in [-0.4, -0.2) is 26.1 Å². The van der Waals surface area contributed by atoms with E-state index in [1.807, 2.05) is 26.8 Å². The maximum Gasteiger partial charge on any atom is 0.277 e.